The van der Waals surface area contributed by atoms with Crippen LogP contribution >= 0.6 is 0 Å². The molecule has 3 rings (SSSR count). The largest absolute Gasteiger partial charge is 0.457 e. The molecule has 7 heteroatoms. The summed E-state index contributed by atoms with van der Waals surface area (Å²) in [6, 6.07) is 23.3. The standard InChI is InChI=1S/C24H26N2O4S/c1-18(2)26-31(28,29)17-21-9-7-6-8-20(21)16-25-24(27)19-12-14-23(15-13-19)30-22-10-4-3-5-11-22/h3-15,18,26H,16-17H2,1-2H3,(H,25,27). The van der Waals surface area contributed by atoms with Gasteiger partial charge in [0.25, 0.3) is 5.91 Å². The molecule has 0 saturated carbocycles. The van der Waals surface area contributed by atoms with E-state index < -0.39 is 10.0 Å². The van der Waals surface area contributed by atoms with Gasteiger partial charge in [-0.05, 0) is 61.4 Å². The predicted octanol–water partition coefficient (Wildman–Crippen LogP) is 4.24. The van der Waals surface area contributed by atoms with E-state index in [2.05, 4.69) is 10.0 Å². The molecular weight excluding hydrogens is 412 g/mol. The molecule has 1 amide bonds. The van der Waals surface area contributed by atoms with Crippen molar-refractivity contribution in [3.8, 4) is 11.5 Å². The second kappa shape index (κ2) is 10.2. The van der Waals surface area contributed by atoms with Gasteiger partial charge in [-0.1, -0.05) is 42.5 Å². The number of nitrogens with one attached hydrogen (secondary N) is 2. The SMILES string of the molecule is CC(C)NS(=O)(=O)Cc1ccccc1CNC(=O)c1ccc(Oc2ccccc2)cc1. The van der Waals surface area contributed by atoms with Crippen molar-refractivity contribution >= 4 is 15.9 Å². The minimum atomic E-state index is -3.45. The number of hydrogen-bond acceptors (Lipinski definition) is 4. The van der Waals surface area contributed by atoms with Crippen LogP contribution in [0.5, 0.6) is 11.5 Å². The van der Waals surface area contributed by atoms with Crippen LogP contribution in [0.2, 0.25) is 0 Å². The van der Waals surface area contributed by atoms with Crippen LogP contribution in [0.1, 0.15) is 35.3 Å². The van der Waals surface area contributed by atoms with E-state index in [-0.39, 0.29) is 24.2 Å². The molecule has 0 aromatic heterocycles. The molecule has 2 N–H and O–H groups in total. The fourth-order valence-corrected chi connectivity index (χ4v) is 4.55. The second-order valence-corrected chi connectivity index (χ2v) is 9.18. The van der Waals surface area contributed by atoms with Gasteiger partial charge in [-0.15, -0.1) is 0 Å². The first-order chi connectivity index (χ1) is 14.8. The summed E-state index contributed by atoms with van der Waals surface area (Å²) in [4.78, 5) is 12.5. The van der Waals surface area contributed by atoms with Gasteiger partial charge in [0.1, 0.15) is 11.5 Å². The molecule has 0 heterocycles. The van der Waals surface area contributed by atoms with Crippen molar-refractivity contribution in [3.05, 3.63) is 95.6 Å². The molecule has 0 radical (unpaired) electrons. The molecule has 0 saturated heterocycles. The summed E-state index contributed by atoms with van der Waals surface area (Å²) in [7, 11) is -3.45. The smallest absolute Gasteiger partial charge is 0.251 e. The summed E-state index contributed by atoms with van der Waals surface area (Å²) in [6.07, 6.45) is 0. The molecule has 3 aromatic carbocycles. The third kappa shape index (κ3) is 6.94. The Labute approximate surface area is 183 Å². The van der Waals surface area contributed by atoms with Crippen molar-refractivity contribution in [2.75, 3.05) is 0 Å². The van der Waals surface area contributed by atoms with Crippen LogP contribution in [0.15, 0.2) is 78.9 Å². The van der Waals surface area contributed by atoms with E-state index >= 15 is 0 Å². The third-order valence-corrected chi connectivity index (χ3v) is 5.94. The summed E-state index contributed by atoms with van der Waals surface area (Å²) < 4.78 is 32.9. The van der Waals surface area contributed by atoms with Gasteiger partial charge in [-0.3, -0.25) is 4.79 Å². The number of amides is 1. The average molecular weight is 439 g/mol. The molecule has 0 bridgehead atoms. The zero-order chi connectivity index (χ0) is 22.3. The summed E-state index contributed by atoms with van der Waals surface area (Å²) >= 11 is 0. The maximum absolute atomic E-state index is 12.5. The van der Waals surface area contributed by atoms with Crippen molar-refractivity contribution < 1.29 is 17.9 Å². The first-order valence-electron chi connectivity index (χ1n) is 10.0. The summed E-state index contributed by atoms with van der Waals surface area (Å²) in [5, 5.41) is 2.86. The van der Waals surface area contributed by atoms with E-state index in [9.17, 15) is 13.2 Å². The molecule has 0 unspecified atom stereocenters. The Kier molecular flexibility index (Phi) is 7.44. The van der Waals surface area contributed by atoms with Gasteiger partial charge >= 0.3 is 0 Å². The van der Waals surface area contributed by atoms with Crippen LogP contribution in [0, 0.1) is 0 Å². The van der Waals surface area contributed by atoms with Gasteiger partial charge in [-0.25, -0.2) is 13.1 Å². The Bertz CT molecular complexity index is 1110. The van der Waals surface area contributed by atoms with Crippen molar-refractivity contribution in [1.29, 1.82) is 0 Å². The molecule has 0 aliphatic carbocycles. The van der Waals surface area contributed by atoms with Gasteiger partial charge in [0.15, 0.2) is 0 Å². The van der Waals surface area contributed by atoms with E-state index in [1.54, 1.807) is 50.2 Å². The van der Waals surface area contributed by atoms with Crippen molar-refractivity contribution in [1.82, 2.24) is 10.0 Å². The number of carbonyl (C=O) groups is 1. The lowest BCUT2D eigenvalue weighted by Gasteiger charge is -2.13. The van der Waals surface area contributed by atoms with E-state index in [4.69, 9.17) is 4.74 Å². The highest BCUT2D eigenvalue weighted by atomic mass is 32.2. The van der Waals surface area contributed by atoms with Gasteiger partial charge in [0.05, 0.1) is 5.75 Å². The number of carbonyl (C=O) groups excluding carboxylic acids is 1. The Morgan fingerprint density at radius 1 is 0.839 bits per heavy atom. The van der Waals surface area contributed by atoms with Crippen LogP contribution < -0.4 is 14.8 Å². The second-order valence-electron chi connectivity index (χ2n) is 7.42. The van der Waals surface area contributed by atoms with E-state index in [0.29, 0.717) is 16.9 Å². The highest BCUT2D eigenvalue weighted by molar-refractivity contribution is 7.88. The van der Waals surface area contributed by atoms with Gasteiger partial charge in [0.2, 0.25) is 10.0 Å². The number of para-hydroxylation sites is 1. The number of hydrogen-bond donors (Lipinski definition) is 2. The lowest BCUT2D eigenvalue weighted by atomic mass is 10.1. The Morgan fingerprint density at radius 3 is 2.06 bits per heavy atom. The van der Waals surface area contributed by atoms with Crippen LogP contribution in [-0.2, 0) is 22.3 Å². The maximum atomic E-state index is 12.5. The van der Waals surface area contributed by atoms with Crippen molar-refractivity contribution in [2.24, 2.45) is 0 Å². The topological polar surface area (TPSA) is 84.5 Å². The lowest BCUT2D eigenvalue weighted by molar-refractivity contribution is 0.0951. The number of sulfonamides is 1. The van der Waals surface area contributed by atoms with Crippen molar-refractivity contribution in [2.45, 2.75) is 32.2 Å². The zero-order valence-corrected chi connectivity index (χ0v) is 18.4. The molecule has 0 aliphatic rings. The summed E-state index contributed by atoms with van der Waals surface area (Å²) in [5.41, 5.74) is 1.91. The minimum absolute atomic E-state index is 0.136. The monoisotopic (exact) mass is 438 g/mol. The number of rotatable bonds is 9. The Hall–Kier alpha value is -3.16. The Morgan fingerprint density at radius 2 is 1.42 bits per heavy atom. The number of ether oxygens (including phenoxy) is 1. The van der Waals surface area contributed by atoms with Crippen LogP contribution in [0.4, 0.5) is 0 Å². The first-order valence-corrected chi connectivity index (χ1v) is 11.7. The quantitative estimate of drug-likeness (QED) is 0.523. The Balaban J connectivity index is 1.62. The molecule has 162 valence electrons. The molecule has 0 atom stereocenters. The zero-order valence-electron chi connectivity index (χ0n) is 17.5. The molecular formula is C24H26N2O4S. The van der Waals surface area contributed by atoms with E-state index in [1.165, 1.54) is 0 Å². The van der Waals surface area contributed by atoms with E-state index in [1.807, 2.05) is 42.5 Å². The molecule has 0 spiro atoms. The molecule has 0 fully saturated rings. The van der Waals surface area contributed by atoms with Crippen molar-refractivity contribution in [3.63, 3.8) is 0 Å². The van der Waals surface area contributed by atoms with Crippen LogP contribution in [0.3, 0.4) is 0 Å². The minimum Gasteiger partial charge on any atom is -0.457 e. The molecule has 31 heavy (non-hydrogen) atoms. The van der Waals surface area contributed by atoms with Crippen LogP contribution in [0.25, 0.3) is 0 Å². The van der Waals surface area contributed by atoms with Gasteiger partial charge in [0, 0.05) is 18.2 Å². The first kappa shape index (κ1) is 22.5. The third-order valence-electron chi connectivity index (χ3n) is 4.41. The highest BCUT2D eigenvalue weighted by Gasteiger charge is 2.16. The average Bonchev–Trinajstić information content (AvgIpc) is 2.73. The fraction of sp³-hybridized carbons (Fsp3) is 0.208. The maximum Gasteiger partial charge on any atom is 0.251 e. The lowest BCUT2D eigenvalue weighted by Crippen LogP contribution is -2.31. The number of benzene rings is 3. The normalized spacial score (nSPS) is 11.3. The van der Waals surface area contributed by atoms with Gasteiger partial charge in [-0.2, -0.15) is 0 Å². The molecule has 6 nitrogen and oxygen atoms in total. The highest BCUT2D eigenvalue weighted by Crippen LogP contribution is 2.21. The van der Waals surface area contributed by atoms with E-state index in [0.717, 1.165) is 11.3 Å². The fourth-order valence-electron chi connectivity index (χ4n) is 3.05. The van der Waals surface area contributed by atoms with Gasteiger partial charge < -0.3 is 10.1 Å². The predicted molar refractivity (Wildman–Crippen MR) is 121 cm³/mol. The molecule has 0 aliphatic heterocycles. The van der Waals surface area contributed by atoms with Crippen LogP contribution in [-0.4, -0.2) is 20.4 Å². The summed E-state index contributed by atoms with van der Waals surface area (Å²) in [5.74, 6) is 0.973. The molecule has 3 aromatic rings. The summed E-state index contributed by atoms with van der Waals surface area (Å²) in [6.45, 7) is 3.79.